The zero-order valence-electron chi connectivity index (χ0n) is 15.5. The number of carbonyl (C=O) groups is 1. The Hall–Kier alpha value is -1.98. The first-order valence-corrected chi connectivity index (χ1v) is 10.7. The molecule has 1 aromatic carbocycles. The van der Waals surface area contributed by atoms with Gasteiger partial charge in [-0.3, -0.25) is 4.79 Å². The number of nitrogens with zero attached hydrogens (tertiary/aromatic N) is 1. The quantitative estimate of drug-likeness (QED) is 0.566. The third kappa shape index (κ3) is 3.34. The van der Waals surface area contributed by atoms with Crippen LogP contribution in [-0.4, -0.2) is 16.6 Å². The molecule has 2 atom stereocenters. The van der Waals surface area contributed by atoms with E-state index in [9.17, 15) is 4.79 Å². The highest BCUT2D eigenvalue weighted by atomic mass is 35.5. The van der Waals surface area contributed by atoms with E-state index in [0.717, 1.165) is 35.9 Å². The lowest BCUT2D eigenvalue weighted by atomic mass is 10.1. The van der Waals surface area contributed by atoms with E-state index in [1.165, 1.54) is 4.88 Å². The number of ether oxygens (including phenoxy) is 1. The molecule has 4 rings (SSSR count). The standard InChI is InChI=1S/C21H23ClN2O2S/c1-3-6-16(19-7-5-10-27-19)23-21(25)17-11-14-15(22)8-9-18-20(14)24(17)12-13(4-2)26-18/h5,7-11,13,16H,3-4,6,12H2,1-2H3,(H,23,25)/t13-,16+/m0/s1. The molecule has 0 saturated carbocycles. The molecule has 3 aromatic rings. The number of hydrogen-bond acceptors (Lipinski definition) is 3. The maximum atomic E-state index is 13.2. The molecule has 0 aliphatic carbocycles. The number of benzene rings is 1. The average Bonchev–Trinajstić information content (AvgIpc) is 3.33. The van der Waals surface area contributed by atoms with E-state index in [1.54, 1.807) is 11.3 Å². The van der Waals surface area contributed by atoms with E-state index in [1.807, 2.05) is 24.3 Å². The second kappa shape index (κ2) is 7.56. The molecule has 27 heavy (non-hydrogen) atoms. The minimum atomic E-state index is -0.0585. The molecule has 0 saturated heterocycles. The Labute approximate surface area is 168 Å². The summed E-state index contributed by atoms with van der Waals surface area (Å²) in [5, 5.41) is 6.80. The van der Waals surface area contributed by atoms with Gasteiger partial charge < -0.3 is 14.6 Å². The van der Waals surface area contributed by atoms with Crippen molar-refractivity contribution in [3.63, 3.8) is 0 Å². The molecule has 0 bridgehead atoms. The summed E-state index contributed by atoms with van der Waals surface area (Å²) in [7, 11) is 0. The highest BCUT2D eigenvalue weighted by Crippen LogP contribution is 2.38. The summed E-state index contributed by atoms with van der Waals surface area (Å²) in [5.41, 5.74) is 1.57. The molecule has 4 nitrogen and oxygen atoms in total. The van der Waals surface area contributed by atoms with Gasteiger partial charge in [-0.25, -0.2) is 0 Å². The van der Waals surface area contributed by atoms with Crippen LogP contribution >= 0.6 is 22.9 Å². The number of hydrogen-bond donors (Lipinski definition) is 1. The molecule has 6 heteroatoms. The van der Waals surface area contributed by atoms with Crippen molar-refractivity contribution in [3.05, 3.63) is 51.3 Å². The summed E-state index contributed by atoms with van der Waals surface area (Å²) >= 11 is 8.09. The predicted molar refractivity (Wildman–Crippen MR) is 111 cm³/mol. The van der Waals surface area contributed by atoms with E-state index in [4.69, 9.17) is 16.3 Å². The largest absolute Gasteiger partial charge is 0.486 e. The van der Waals surface area contributed by atoms with Crippen LogP contribution in [0.4, 0.5) is 0 Å². The van der Waals surface area contributed by atoms with Crippen LogP contribution in [0.5, 0.6) is 5.75 Å². The van der Waals surface area contributed by atoms with Crippen molar-refractivity contribution in [3.8, 4) is 5.75 Å². The van der Waals surface area contributed by atoms with E-state index in [-0.39, 0.29) is 18.1 Å². The van der Waals surface area contributed by atoms with Gasteiger partial charge in [0.2, 0.25) is 0 Å². The average molecular weight is 403 g/mol. The van der Waals surface area contributed by atoms with Crippen LogP contribution in [0, 0.1) is 0 Å². The first-order valence-electron chi connectivity index (χ1n) is 9.45. The van der Waals surface area contributed by atoms with Gasteiger partial charge in [-0.15, -0.1) is 11.3 Å². The normalized spacial score (nSPS) is 16.9. The number of thiophene rings is 1. The van der Waals surface area contributed by atoms with Gasteiger partial charge in [0.15, 0.2) is 0 Å². The number of carbonyl (C=O) groups excluding carboxylic acids is 1. The molecule has 142 valence electrons. The lowest BCUT2D eigenvalue weighted by Gasteiger charge is -2.27. The fourth-order valence-corrected chi connectivity index (χ4v) is 4.74. The fourth-order valence-electron chi connectivity index (χ4n) is 3.72. The van der Waals surface area contributed by atoms with Crippen LogP contribution in [0.1, 0.15) is 54.5 Å². The van der Waals surface area contributed by atoms with Gasteiger partial charge in [0.25, 0.3) is 5.91 Å². The van der Waals surface area contributed by atoms with E-state index >= 15 is 0 Å². The van der Waals surface area contributed by atoms with Crippen LogP contribution in [0.3, 0.4) is 0 Å². The highest BCUT2D eigenvalue weighted by molar-refractivity contribution is 7.10. The van der Waals surface area contributed by atoms with Gasteiger partial charge in [0.1, 0.15) is 17.5 Å². The molecule has 1 aliphatic heterocycles. The zero-order chi connectivity index (χ0) is 19.0. The van der Waals surface area contributed by atoms with Crippen molar-refractivity contribution in [2.24, 2.45) is 0 Å². The molecule has 0 spiro atoms. The smallest absolute Gasteiger partial charge is 0.268 e. The van der Waals surface area contributed by atoms with E-state index < -0.39 is 0 Å². The van der Waals surface area contributed by atoms with Gasteiger partial charge in [-0.1, -0.05) is 37.9 Å². The van der Waals surface area contributed by atoms with Crippen molar-refractivity contribution >= 4 is 39.7 Å². The molecule has 1 amide bonds. The van der Waals surface area contributed by atoms with Gasteiger partial charge >= 0.3 is 0 Å². The van der Waals surface area contributed by atoms with Crippen LogP contribution in [0.2, 0.25) is 5.02 Å². The van der Waals surface area contributed by atoms with Crippen LogP contribution < -0.4 is 10.1 Å². The van der Waals surface area contributed by atoms with Crippen molar-refractivity contribution in [1.29, 1.82) is 0 Å². The van der Waals surface area contributed by atoms with Crippen LogP contribution in [0.15, 0.2) is 35.7 Å². The molecular weight excluding hydrogens is 380 g/mol. The maximum absolute atomic E-state index is 13.2. The molecule has 1 aliphatic rings. The third-order valence-corrected chi connectivity index (χ3v) is 6.42. The van der Waals surface area contributed by atoms with E-state index in [0.29, 0.717) is 17.3 Å². The minimum Gasteiger partial charge on any atom is -0.486 e. The van der Waals surface area contributed by atoms with Crippen LogP contribution in [-0.2, 0) is 6.54 Å². The Morgan fingerprint density at radius 1 is 1.41 bits per heavy atom. The molecule has 3 heterocycles. The van der Waals surface area contributed by atoms with Crippen molar-refractivity contribution in [2.45, 2.75) is 51.8 Å². The van der Waals surface area contributed by atoms with Crippen LogP contribution in [0.25, 0.3) is 10.9 Å². The molecule has 0 radical (unpaired) electrons. The Bertz CT molecular complexity index is 964. The van der Waals surface area contributed by atoms with Crippen molar-refractivity contribution in [2.75, 3.05) is 0 Å². The summed E-state index contributed by atoms with van der Waals surface area (Å²) in [6, 6.07) is 9.78. The Morgan fingerprint density at radius 3 is 2.96 bits per heavy atom. The number of rotatable bonds is 6. The first kappa shape index (κ1) is 18.4. The summed E-state index contributed by atoms with van der Waals surface area (Å²) in [6.07, 6.45) is 2.87. The number of aromatic nitrogens is 1. The SMILES string of the molecule is CCC[C@@H](NC(=O)c1cc2c(Cl)ccc3c2n1C[C@H](CC)O3)c1cccs1. The minimum absolute atomic E-state index is 0.0325. The predicted octanol–water partition coefficient (Wildman–Crippen LogP) is 5.80. The summed E-state index contributed by atoms with van der Waals surface area (Å²) in [4.78, 5) is 14.4. The van der Waals surface area contributed by atoms with Gasteiger partial charge in [-0.05, 0) is 42.5 Å². The Kier molecular flexibility index (Phi) is 5.15. The van der Waals surface area contributed by atoms with E-state index in [2.05, 4.69) is 35.2 Å². The summed E-state index contributed by atoms with van der Waals surface area (Å²) < 4.78 is 8.14. The molecule has 0 unspecified atom stereocenters. The molecule has 1 N–H and O–H groups in total. The second-order valence-corrected chi connectivity index (χ2v) is 8.31. The molecule has 2 aromatic heterocycles. The number of halogens is 1. The Balaban J connectivity index is 1.72. The number of amides is 1. The van der Waals surface area contributed by atoms with Gasteiger partial charge in [0, 0.05) is 10.3 Å². The van der Waals surface area contributed by atoms with Crippen molar-refractivity contribution < 1.29 is 9.53 Å². The lowest BCUT2D eigenvalue weighted by Crippen LogP contribution is -2.33. The second-order valence-electron chi connectivity index (χ2n) is 6.93. The topological polar surface area (TPSA) is 43.3 Å². The number of nitrogens with one attached hydrogen (secondary N) is 1. The summed E-state index contributed by atoms with van der Waals surface area (Å²) in [5.74, 6) is 0.742. The first-order chi connectivity index (χ1) is 13.1. The molecule has 0 fully saturated rings. The van der Waals surface area contributed by atoms with Gasteiger partial charge in [-0.2, -0.15) is 0 Å². The monoisotopic (exact) mass is 402 g/mol. The fraction of sp³-hybridized carbons (Fsp3) is 0.381. The lowest BCUT2D eigenvalue weighted by molar-refractivity contribution is 0.0919. The molecular formula is C21H23ClN2O2S. The maximum Gasteiger partial charge on any atom is 0.268 e. The summed E-state index contributed by atoms with van der Waals surface area (Å²) in [6.45, 7) is 4.89. The highest BCUT2D eigenvalue weighted by Gasteiger charge is 2.28. The Morgan fingerprint density at radius 2 is 2.26 bits per heavy atom. The van der Waals surface area contributed by atoms with Crippen molar-refractivity contribution in [1.82, 2.24) is 9.88 Å². The third-order valence-electron chi connectivity index (χ3n) is 5.11. The van der Waals surface area contributed by atoms with Gasteiger partial charge in [0.05, 0.1) is 23.1 Å². The zero-order valence-corrected chi connectivity index (χ0v) is 17.1.